The highest BCUT2D eigenvalue weighted by Gasteiger charge is 2.24. The van der Waals surface area contributed by atoms with Crippen LogP contribution in [0.4, 0.5) is 0 Å². The third kappa shape index (κ3) is 3.58. The molecular weight excluding hydrogens is 220 g/mol. The monoisotopic (exact) mass is 248 g/mol. The van der Waals surface area contributed by atoms with Crippen LogP contribution in [0.3, 0.4) is 0 Å². The van der Waals surface area contributed by atoms with Crippen molar-refractivity contribution in [3.63, 3.8) is 0 Å². The molecule has 0 spiro atoms. The fraction of sp³-hybridized carbons (Fsp3) is 0.647. The van der Waals surface area contributed by atoms with Gasteiger partial charge in [0.2, 0.25) is 0 Å². The van der Waals surface area contributed by atoms with Crippen molar-refractivity contribution >= 4 is 0 Å². The number of benzene rings is 1. The lowest BCUT2D eigenvalue weighted by atomic mass is 9.78. The number of rotatable bonds is 1. The van der Waals surface area contributed by atoms with Gasteiger partial charge >= 0.3 is 0 Å². The first-order chi connectivity index (χ1) is 7.82. The molecule has 1 rings (SSSR count). The maximum absolute atomic E-state index is 10.3. The van der Waals surface area contributed by atoms with Crippen LogP contribution in [0, 0.1) is 0 Å². The Kier molecular flexibility index (Phi) is 3.71. The first kappa shape index (κ1) is 15.2. The molecule has 18 heavy (non-hydrogen) atoms. The number of hydrogen-bond donors (Lipinski definition) is 1. The summed E-state index contributed by atoms with van der Waals surface area (Å²) in [7, 11) is 0. The first-order valence-electron chi connectivity index (χ1n) is 6.71. The zero-order valence-corrected chi connectivity index (χ0v) is 13.2. The van der Waals surface area contributed by atoms with Crippen molar-refractivity contribution in [3.05, 3.63) is 34.9 Å². The lowest BCUT2D eigenvalue weighted by Gasteiger charge is -2.29. The van der Waals surface area contributed by atoms with Gasteiger partial charge in [-0.05, 0) is 41.4 Å². The van der Waals surface area contributed by atoms with E-state index in [9.17, 15) is 5.11 Å². The van der Waals surface area contributed by atoms with Gasteiger partial charge in [0.1, 0.15) is 0 Å². The van der Waals surface area contributed by atoms with Gasteiger partial charge in [0, 0.05) is 0 Å². The molecule has 0 aliphatic heterocycles. The summed E-state index contributed by atoms with van der Waals surface area (Å²) in [5.41, 5.74) is 2.98. The molecule has 1 aromatic rings. The molecule has 0 aromatic heterocycles. The predicted octanol–water partition coefficient (Wildman–Crippen LogP) is 4.51. The molecule has 0 heterocycles. The molecule has 1 nitrogen and oxygen atoms in total. The van der Waals surface area contributed by atoms with Gasteiger partial charge in [-0.15, -0.1) is 0 Å². The summed E-state index contributed by atoms with van der Waals surface area (Å²) in [4.78, 5) is 0. The Labute approximate surface area is 112 Å². The fourth-order valence-corrected chi connectivity index (χ4v) is 1.85. The molecule has 0 radical (unpaired) electrons. The summed E-state index contributed by atoms with van der Waals surface area (Å²) in [5, 5.41) is 10.3. The second-order valence-corrected chi connectivity index (χ2v) is 7.86. The molecule has 0 atom stereocenters. The fourth-order valence-electron chi connectivity index (χ4n) is 1.85. The maximum atomic E-state index is 10.3. The average Bonchev–Trinajstić information content (AvgIpc) is 2.13. The molecule has 0 saturated heterocycles. The Bertz CT molecular complexity index is 343. The second kappa shape index (κ2) is 4.38. The van der Waals surface area contributed by atoms with Crippen molar-refractivity contribution < 1.29 is 5.11 Å². The maximum Gasteiger partial charge on any atom is 0.0840 e. The minimum absolute atomic E-state index is 0.0985. The van der Waals surface area contributed by atoms with Crippen LogP contribution in [0.15, 0.2) is 18.2 Å². The third-order valence-corrected chi connectivity index (χ3v) is 3.37. The molecular formula is C17H28O. The van der Waals surface area contributed by atoms with E-state index >= 15 is 0 Å². The van der Waals surface area contributed by atoms with Crippen LogP contribution in [0.2, 0.25) is 0 Å². The van der Waals surface area contributed by atoms with Crippen molar-refractivity contribution in [3.8, 4) is 0 Å². The molecule has 1 N–H and O–H groups in total. The third-order valence-electron chi connectivity index (χ3n) is 3.37. The van der Waals surface area contributed by atoms with Gasteiger partial charge in [-0.25, -0.2) is 0 Å². The van der Waals surface area contributed by atoms with Gasteiger partial charge in [0.15, 0.2) is 0 Å². The molecule has 0 aliphatic rings. The molecule has 0 bridgehead atoms. The molecule has 0 aliphatic carbocycles. The Morgan fingerprint density at radius 1 is 0.611 bits per heavy atom. The van der Waals surface area contributed by atoms with Gasteiger partial charge in [-0.3, -0.25) is 0 Å². The van der Waals surface area contributed by atoms with Gasteiger partial charge in [-0.1, -0.05) is 59.7 Å². The molecule has 0 unspecified atom stereocenters. The van der Waals surface area contributed by atoms with E-state index in [1.165, 1.54) is 11.1 Å². The van der Waals surface area contributed by atoms with Crippen molar-refractivity contribution in [1.82, 2.24) is 0 Å². The van der Waals surface area contributed by atoms with Crippen molar-refractivity contribution in [2.45, 2.75) is 71.8 Å². The van der Waals surface area contributed by atoms with Crippen LogP contribution in [-0.4, -0.2) is 5.11 Å². The Hall–Kier alpha value is -0.820. The Morgan fingerprint density at radius 2 is 0.889 bits per heavy atom. The molecule has 1 heteroatoms. The zero-order valence-electron chi connectivity index (χ0n) is 13.2. The molecule has 1 aromatic carbocycles. The van der Waals surface area contributed by atoms with Crippen LogP contribution in [0.5, 0.6) is 0 Å². The van der Waals surface area contributed by atoms with Crippen molar-refractivity contribution in [2.24, 2.45) is 0 Å². The number of aliphatic hydroxyl groups is 1. The van der Waals surface area contributed by atoms with Gasteiger partial charge in [0.25, 0.3) is 0 Å². The highest BCUT2D eigenvalue weighted by molar-refractivity contribution is 5.39. The minimum atomic E-state index is -0.790. The van der Waals surface area contributed by atoms with E-state index in [0.29, 0.717) is 0 Å². The first-order valence-corrected chi connectivity index (χ1v) is 6.71. The van der Waals surface area contributed by atoms with E-state index in [2.05, 4.69) is 59.7 Å². The van der Waals surface area contributed by atoms with E-state index in [1.54, 1.807) is 0 Å². The topological polar surface area (TPSA) is 20.2 Å². The smallest absolute Gasteiger partial charge is 0.0840 e. The number of hydrogen-bond acceptors (Lipinski definition) is 1. The van der Waals surface area contributed by atoms with Crippen molar-refractivity contribution in [1.29, 1.82) is 0 Å². The van der Waals surface area contributed by atoms with E-state index in [0.717, 1.165) is 5.56 Å². The van der Waals surface area contributed by atoms with Crippen molar-refractivity contribution in [2.75, 3.05) is 0 Å². The summed E-state index contributed by atoms with van der Waals surface area (Å²) in [6.07, 6.45) is 0. The SMILES string of the molecule is CC(C)(C)c1cc(C(C)(C)C)cc(C(C)(C)O)c1. The summed E-state index contributed by atoms with van der Waals surface area (Å²) in [6.45, 7) is 17.0. The predicted molar refractivity (Wildman–Crippen MR) is 79.1 cm³/mol. The minimum Gasteiger partial charge on any atom is -0.386 e. The molecule has 0 fully saturated rings. The van der Waals surface area contributed by atoms with Crippen LogP contribution >= 0.6 is 0 Å². The molecule has 0 saturated carbocycles. The van der Waals surface area contributed by atoms with Crippen LogP contribution in [0.1, 0.15) is 72.1 Å². The van der Waals surface area contributed by atoms with E-state index < -0.39 is 5.60 Å². The van der Waals surface area contributed by atoms with Gasteiger partial charge in [-0.2, -0.15) is 0 Å². The van der Waals surface area contributed by atoms with E-state index in [-0.39, 0.29) is 10.8 Å². The van der Waals surface area contributed by atoms with Crippen LogP contribution < -0.4 is 0 Å². The molecule has 102 valence electrons. The summed E-state index contributed by atoms with van der Waals surface area (Å²) < 4.78 is 0. The standard InChI is InChI=1S/C17H28O/c1-15(2,3)12-9-13(16(4,5)6)11-14(10-12)17(7,8)18/h9-11,18H,1-8H3. The highest BCUT2D eigenvalue weighted by Crippen LogP contribution is 2.33. The van der Waals surface area contributed by atoms with Gasteiger partial charge < -0.3 is 5.11 Å². The normalized spacial score (nSPS) is 13.8. The largest absolute Gasteiger partial charge is 0.386 e. The Morgan fingerprint density at radius 3 is 1.11 bits per heavy atom. The quantitative estimate of drug-likeness (QED) is 0.775. The summed E-state index contributed by atoms with van der Waals surface area (Å²) in [5.74, 6) is 0. The van der Waals surface area contributed by atoms with Crippen LogP contribution in [0.25, 0.3) is 0 Å². The summed E-state index contributed by atoms with van der Waals surface area (Å²) >= 11 is 0. The van der Waals surface area contributed by atoms with E-state index in [4.69, 9.17) is 0 Å². The lowest BCUT2D eigenvalue weighted by molar-refractivity contribution is 0.0783. The lowest BCUT2D eigenvalue weighted by Crippen LogP contribution is -2.22. The van der Waals surface area contributed by atoms with Gasteiger partial charge in [0.05, 0.1) is 5.60 Å². The highest BCUT2D eigenvalue weighted by atomic mass is 16.3. The van der Waals surface area contributed by atoms with E-state index in [1.807, 2.05) is 13.8 Å². The molecule has 0 amide bonds. The zero-order chi connectivity index (χ0) is 14.4. The van der Waals surface area contributed by atoms with Crippen LogP contribution in [-0.2, 0) is 16.4 Å². The Balaban J connectivity index is 3.49. The summed E-state index contributed by atoms with van der Waals surface area (Å²) in [6, 6.07) is 6.54. The second-order valence-electron chi connectivity index (χ2n) is 7.86. The average molecular weight is 248 g/mol.